The van der Waals surface area contributed by atoms with E-state index >= 15 is 0 Å². The lowest BCUT2D eigenvalue weighted by atomic mass is 9.70. The predicted molar refractivity (Wildman–Crippen MR) is 255 cm³/mol. The van der Waals surface area contributed by atoms with Crippen LogP contribution in [-0.4, -0.2) is 98.7 Å². The van der Waals surface area contributed by atoms with Crippen LogP contribution in [0.25, 0.3) is 10.8 Å². The van der Waals surface area contributed by atoms with E-state index in [2.05, 4.69) is 10.6 Å². The van der Waals surface area contributed by atoms with Crippen LogP contribution in [0.1, 0.15) is 83.8 Å². The first kappa shape index (κ1) is 50.9. The highest BCUT2D eigenvalue weighted by Gasteiger charge is 2.48. The Hall–Kier alpha value is -5.51. The van der Waals surface area contributed by atoms with Crippen LogP contribution in [0.5, 0.6) is 0 Å². The molecule has 6 rings (SSSR count). The van der Waals surface area contributed by atoms with E-state index in [-0.39, 0.29) is 43.7 Å². The number of nitrogens with zero attached hydrogens (tertiary/aromatic N) is 2. The summed E-state index contributed by atoms with van der Waals surface area (Å²) in [4.78, 5) is 46.6. The van der Waals surface area contributed by atoms with Crippen molar-refractivity contribution < 1.29 is 58.4 Å². The van der Waals surface area contributed by atoms with Gasteiger partial charge >= 0.3 is 5.97 Å². The number of amides is 2. The maximum atomic E-state index is 14.6. The first-order chi connectivity index (χ1) is 31.2. The summed E-state index contributed by atoms with van der Waals surface area (Å²) in [7, 11) is -13.3. The van der Waals surface area contributed by atoms with Gasteiger partial charge in [-0.25, -0.2) is 0 Å². The molecule has 17 nitrogen and oxygen atoms in total. The van der Waals surface area contributed by atoms with Gasteiger partial charge in [0.05, 0.1) is 27.8 Å². The van der Waals surface area contributed by atoms with Crippen LogP contribution in [0.3, 0.4) is 0 Å². The van der Waals surface area contributed by atoms with Gasteiger partial charge in [0.15, 0.2) is 0 Å². The number of carboxylic acids is 1. The van der Waals surface area contributed by atoms with Gasteiger partial charge in [-0.3, -0.25) is 33.0 Å². The average molecular weight is 981 g/mol. The van der Waals surface area contributed by atoms with Crippen molar-refractivity contribution in [2.24, 2.45) is 10.4 Å². The molecule has 0 radical (unpaired) electrons. The first-order valence-electron chi connectivity index (χ1n) is 21.7. The van der Waals surface area contributed by atoms with E-state index in [1.165, 1.54) is 18.2 Å². The maximum Gasteiger partial charge on any atom is 0.303 e. The van der Waals surface area contributed by atoms with Gasteiger partial charge in [0, 0.05) is 48.3 Å². The normalized spacial score (nSPS) is 20.2. The van der Waals surface area contributed by atoms with Crippen molar-refractivity contribution in [2.45, 2.75) is 88.4 Å². The summed E-state index contributed by atoms with van der Waals surface area (Å²) in [6, 6.07) is 15.9. The first-order valence-corrected chi connectivity index (χ1v) is 26.4. The number of carbonyl (C=O) groups is 3. The molecule has 0 fully saturated rings. The summed E-state index contributed by atoms with van der Waals surface area (Å²) in [5.74, 6) is -3.73. The summed E-state index contributed by atoms with van der Waals surface area (Å²) in [6.45, 7) is 7.53. The zero-order valence-electron chi connectivity index (χ0n) is 37.7. The van der Waals surface area contributed by atoms with E-state index < -0.39 is 82.4 Å². The van der Waals surface area contributed by atoms with Gasteiger partial charge in [-0.05, 0) is 102 Å². The SMILES string of the molecule is CC1(C)C(/C=C/C2=CC(=C/C=C3/N(CCCS(=O)(=O)O)c4ccc5ccccc5c4C3(C)C)/CC(C(=O)NCCCCCC(=O)O)(C(=O)NCCS(=O)(=O)O)C2)=Nc2ccc(S(=O)(=O)O)cc21. The van der Waals surface area contributed by atoms with E-state index in [0.717, 1.165) is 27.7 Å². The molecule has 360 valence electrons. The van der Waals surface area contributed by atoms with Gasteiger partial charge in [-0.2, -0.15) is 25.3 Å². The summed E-state index contributed by atoms with van der Waals surface area (Å²) >= 11 is 0. The van der Waals surface area contributed by atoms with Crippen LogP contribution in [-0.2, 0) is 55.6 Å². The number of aliphatic carboxylic acids is 1. The fourth-order valence-electron chi connectivity index (χ4n) is 9.13. The Morgan fingerprint density at radius 3 is 2.12 bits per heavy atom. The molecular formula is C47H56N4O13S3. The molecule has 1 aliphatic carbocycles. The van der Waals surface area contributed by atoms with Crippen LogP contribution in [0, 0.1) is 5.41 Å². The quantitative estimate of drug-likeness (QED) is 0.0433. The van der Waals surface area contributed by atoms with Crippen molar-refractivity contribution >= 4 is 76.0 Å². The topological polar surface area (TPSA) is 274 Å². The number of fused-ring (bicyclic) bond motifs is 4. The van der Waals surface area contributed by atoms with Gasteiger partial charge < -0.3 is 20.6 Å². The molecule has 3 aromatic rings. The van der Waals surface area contributed by atoms with Crippen molar-refractivity contribution in [3.8, 4) is 0 Å². The van der Waals surface area contributed by atoms with Gasteiger partial charge in [0.2, 0.25) is 11.8 Å². The van der Waals surface area contributed by atoms with Crippen LogP contribution >= 0.6 is 0 Å². The van der Waals surface area contributed by atoms with E-state index in [1.807, 2.05) is 81.1 Å². The smallest absolute Gasteiger partial charge is 0.303 e. The third-order valence-electron chi connectivity index (χ3n) is 12.5. The second kappa shape index (κ2) is 19.6. The van der Waals surface area contributed by atoms with Crippen LogP contribution in [0.15, 0.2) is 112 Å². The Morgan fingerprint density at radius 1 is 0.761 bits per heavy atom. The Labute approximate surface area is 391 Å². The van der Waals surface area contributed by atoms with Crippen LogP contribution < -0.4 is 15.5 Å². The highest BCUT2D eigenvalue weighted by atomic mass is 32.2. The molecule has 20 heteroatoms. The van der Waals surface area contributed by atoms with Crippen molar-refractivity contribution in [3.63, 3.8) is 0 Å². The average Bonchev–Trinajstić information content (AvgIpc) is 3.62. The zero-order chi connectivity index (χ0) is 49.2. The molecule has 0 bridgehead atoms. The van der Waals surface area contributed by atoms with Crippen molar-refractivity contribution in [1.82, 2.24) is 10.6 Å². The molecule has 1 atom stereocenters. The Morgan fingerprint density at radius 2 is 1.45 bits per heavy atom. The fraction of sp³-hybridized carbons (Fsp3) is 0.404. The molecule has 0 saturated heterocycles. The molecule has 0 aromatic heterocycles. The number of hydrogen-bond donors (Lipinski definition) is 6. The summed E-state index contributed by atoms with van der Waals surface area (Å²) in [6.07, 6.45) is 9.77. The third-order valence-corrected chi connectivity index (χ3v) is 14.9. The fourth-order valence-corrected chi connectivity index (χ4v) is 10.5. The summed E-state index contributed by atoms with van der Waals surface area (Å²) in [5, 5.41) is 16.5. The molecule has 3 aromatic carbocycles. The Balaban J connectivity index is 1.46. The molecule has 3 aliphatic rings. The monoisotopic (exact) mass is 980 g/mol. The number of aliphatic imine (C=N–C) groups is 1. The minimum Gasteiger partial charge on any atom is -0.481 e. The van der Waals surface area contributed by atoms with E-state index in [9.17, 15) is 53.3 Å². The Bertz CT molecular complexity index is 2990. The van der Waals surface area contributed by atoms with Crippen molar-refractivity contribution in [1.29, 1.82) is 0 Å². The highest BCUT2D eigenvalue weighted by molar-refractivity contribution is 7.86. The van der Waals surface area contributed by atoms with Crippen molar-refractivity contribution in [3.05, 3.63) is 113 Å². The van der Waals surface area contributed by atoms with Gasteiger partial charge in [-0.15, -0.1) is 0 Å². The molecule has 1 unspecified atom stereocenters. The van der Waals surface area contributed by atoms with E-state index in [4.69, 9.17) is 10.1 Å². The number of carboxylic acid groups (broad SMARTS) is 1. The highest BCUT2D eigenvalue weighted by Crippen LogP contribution is 2.51. The largest absolute Gasteiger partial charge is 0.481 e. The molecule has 67 heavy (non-hydrogen) atoms. The number of unbranched alkanes of at least 4 members (excludes halogenated alkanes) is 2. The second-order valence-corrected chi connectivity index (χ2v) is 22.7. The minimum atomic E-state index is -4.52. The summed E-state index contributed by atoms with van der Waals surface area (Å²) < 4.78 is 100.0. The standard InChI is InChI=1S/C47H56N4O13S3/c1-45(2)36-28-34(67(62,63)64)17-18-37(36)50-39(45)20-14-31-27-32(30-47(29-31,44(55)49-23-26-66(59,60)61)43(54)48-22-9-5-6-13-41(52)53)15-21-40-46(3,4)42-35-12-8-7-11-33(35)16-19-38(42)51(40)24-10-25-65(56,57)58/h7-8,11-12,14-21,27-28H,5-6,9-10,13,22-26,29-30H2,1-4H3,(H,48,54)(H,49,55)(H,52,53)(H,56,57,58)(H,59,60,61)(H,62,63,64)/b20-14+,32-15-,40-21+. The molecular weight excluding hydrogens is 925 g/mol. The number of anilines is 1. The van der Waals surface area contributed by atoms with E-state index in [0.29, 0.717) is 47.4 Å². The maximum absolute atomic E-state index is 14.6. The molecule has 2 heterocycles. The number of nitrogens with one attached hydrogen (secondary N) is 2. The lowest BCUT2D eigenvalue weighted by Crippen LogP contribution is -2.53. The minimum absolute atomic E-state index is 0.0524. The van der Waals surface area contributed by atoms with Gasteiger partial charge in [-0.1, -0.05) is 82.7 Å². The van der Waals surface area contributed by atoms with Gasteiger partial charge in [0.1, 0.15) is 5.41 Å². The molecule has 0 spiro atoms. The number of rotatable bonds is 19. The van der Waals surface area contributed by atoms with Crippen molar-refractivity contribution in [2.75, 3.05) is 36.0 Å². The van der Waals surface area contributed by atoms with Crippen LogP contribution in [0.2, 0.25) is 0 Å². The zero-order valence-corrected chi connectivity index (χ0v) is 40.1. The number of benzene rings is 3. The number of carbonyl (C=O) groups excluding carboxylic acids is 2. The van der Waals surface area contributed by atoms with E-state index in [1.54, 1.807) is 18.2 Å². The molecule has 2 amide bonds. The molecule has 2 aliphatic heterocycles. The second-order valence-electron chi connectivity index (χ2n) is 18.2. The number of allylic oxidation sites excluding steroid dienone is 8. The van der Waals surface area contributed by atoms with Gasteiger partial charge in [0.25, 0.3) is 30.4 Å². The Kier molecular flexibility index (Phi) is 14.9. The lowest BCUT2D eigenvalue weighted by Gasteiger charge is -2.35. The van der Waals surface area contributed by atoms with Crippen LogP contribution in [0.4, 0.5) is 11.4 Å². The molecule has 6 N–H and O–H groups in total. The lowest BCUT2D eigenvalue weighted by molar-refractivity contribution is -0.144. The third kappa shape index (κ3) is 11.8. The molecule has 0 saturated carbocycles. The predicted octanol–water partition coefficient (Wildman–Crippen LogP) is 6.36. The summed E-state index contributed by atoms with van der Waals surface area (Å²) in [5.41, 5.74) is 1.67. The number of hydrogen-bond acceptors (Lipinski definition) is 11.